The van der Waals surface area contributed by atoms with Crippen molar-refractivity contribution in [1.29, 1.82) is 0 Å². The first-order valence-electron chi connectivity index (χ1n) is 11.2. The Morgan fingerprint density at radius 1 is 1.24 bits per heavy atom. The molecule has 182 valence electrons. The Kier molecular flexibility index (Phi) is 5.64. The van der Waals surface area contributed by atoms with E-state index in [0.29, 0.717) is 18.5 Å². The van der Waals surface area contributed by atoms with Crippen molar-refractivity contribution in [3.05, 3.63) is 52.9 Å². The van der Waals surface area contributed by atoms with Gasteiger partial charge < -0.3 is 15.0 Å². The number of halogens is 1. The minimum absolute atomic E-state index is 0.0238. The van der Waals surface area contributed by atoms with Gasteiger partial charge in [-0.2, -0.15) is 12.7 Å². The summed E-state index contributed by atoms with van der Waals surface area (Å²) in [5, 5.41) is 15.7. The summed E-state index contributed by atoms with van der Waals surface area (Å²) < 4.78 is 35.3. The molecule has 0 unspecified atom stereocenters. The molecule has 0 saturated heterocycles. The first kappa shape index (κ1) is 23.5. The molecule has 0 spiro atoms. The topological polar surface area (TPSA) is 121 Å². The molecule has 2 aliphatic carbocycles. The van der Waals surface area contributed by atoms with Crippen molar-refractivity contribution in [2.75, 3.05) is 12.4 Å². The van der Waals surface area contributed by atoms with E-state index in [1.807, 2.05) is 29.0 Å². The van der Waals surface area contributed by atoms with E-state index in [9.17, 15) is 18.1 Å². The fraction of sp³-hybridized carbons (Fsp3) is 0.478. The molecule has 11 heteroatoms. The van der Waals surface area contributed by atoms with Gasteiger partial charge in [0.25, 0.3) is 0 Å². The molecule has 1 saturated carbocycles. The van der Waals surface area contributed by atoms with Crippen molar-refractivity contribution in [2.45, 2.75) is 62.8 Å². The number of benzene rings is 1. The van der Waals surface area contributed by atoms with E-state index in [1.165, 1.54) is 24.5 Å². The molecule has 0 radical (unpaired) electrons. The van der Waals surface area contributed by atoms with Gasteiger partial charge in [-0.1, -0.05) is 31.5 Å². The highest BCUT2D eigenvalue weighted by Gasteiger charge is 2.41. The summed E-state index contributed by atoms with van der Waals surface area (Å²) in [6, 6.07) is 7.15. The molecule has 2 aromatic heterocycles. The van der Waals surface area contributed by atoms with Crippen molar-refractivity contribution < 1.29 is 18.1 Å². The van der Waals surface area contributed by atoms with Crippen LogP contribution in [0.4, 0.5) is 5.82 Å². The molecule has 1 fully saturated rings. The van der Waals surface area contributed by atoms with Crippen molar-refractivity contribution in [3.63, 3.8) is 0 Å². The highest BCUT2D eigenvalue weighted by atomic mass is 35.5. The second kappa shape index (κ2) is 8.17. The quantitative estimate of drug-likeness (QED) is 0.452. The number of hydrogen-bond donors (Lipinski definition) is 3. The van der Waals surface area contributed by atoms with Gasteiger partial charge >= 0.3 is 10.3 Å². The summed E-state index contributed by atoms with van der Waals surface area (Å²) in [6.45, 7) is 4.42. The van der Waals surface area contributed by atoms with Crippen LogP contribution in [0.2, 0.25) is 5.02 Å². The smallest absolute Gasteiger partial charge is 0.335 e. The lowest BCUT2D eigenvalue weighted by atomic mass is 9.86. The number of aliphatic hydroxyl groups excluding tert-OH is 1. The largest absolute Gasteiger partial charge is 0.391 e. The SMILES string of the molecule is CN([C@H]1C[C@@H](n2ccc3c(N[C@H]4CC(C)(C)c5cc(Cl)ccc54)ncnc32)C[C@@H]1O)S(=O)(=O)O. The molecular formula is C23H28ClN5O4S. The number of aromatic nitrogens is 3. The van der Waals surface area contributed by atoms with E-state index >= 15 is 0 Å². The summed E-state index contributed by atoms with van der Waals surface area (Å²) >= 11 is 6.25. The van der Waals surface area contributed by atoms with Gasteiger partial charge in [-0.25, -0.2) is 9.97 Å². The third kappa shape index (κ3) is 3.97. The van der Waals surface area contributed by atoms with Crippen molar-refractivity contribution in [1.82, 2.24) is 18.8 Å². The fourth-order valence-corrected chi connectivity index (χ4v) is 6.32. The van der Waals surface area contributed by atoms with Gasteiger partial charge in [0, 0.05) is 24.3 Å². The van der Waals surface area contributed by atoms with E-state index in [2.05, 4.69) is 35.2 Å². The lowest BCUT2D eigenvalue weighted by molar-refractivity contribution is 0.117. The Labute approximate surface area is 203 Å². The summed E-state index contributed by atoms with van der Waals surface area (Å²) in [6.07, 6.45) is 4.12. The summed E-state index contributed by atoms with van der Waals surface area (Å²) in [5.74, 6) is 0.720. The van der Waals surface area contributed by atoms with Crippen LogP contribution in [0.25, 0.3) is 11.0 Å². The van der Waals surface area contributed by atoms with Crippen LogP contribution in [-0.4, -0.2) is 56.1 Å². The normalized spacial score (nSPS) is 26.3. The molecular weight excluding hydrogens is 478 g/mol. The maximum Gasteiger partial charge on any atom is 0.335 e. The van der Waals surface area contributed by atoms with Crippen molar-refractivity contribution >= 4 is 38.8 Å². The van der Waals surface area contributed by atoms with E-state index in [0.717, 1.165) is 27.0 Å². The van der Waals surface area contributed by atoms with Crippen LogP contribution in [0.3, 0.4) is 0 Å². The second-order valence-electron chi connectivity index (χ2n) is 9.95. The van der Waals surface area contributed by atoms with E-state index in [1.54, 1.807) is 0 Å². The molecule has 3 aromatic rings. The molecule has 2 aliphatic rings. The number of rotatable bonds is 5. The van der Waals surface area contributed by atoms with Gasteiger partial charge in [-0.15, -0.1) is 0 Å². The molecule has 0 amide bonds. The van der Waals surface area contributed by atoms with Crippen LogP contribution >= 0.6 is 11.6 Å². The molecule has 0 bridgehead atoms. The first-order chi connectivity index (χ1) is 16.0. The van der Waals surface area contributed by atoms with Crippen LogP contribution in [0.5, 0.6) is 0 Å². The van der Waals surface area contributed by atoms with E-state index < -0.39 is 22.4 Å². The summed E-state index contributed by atoms with van der Waals surface area (Å²) in [4.78, 5) is 8.99. The Bertz CT molecular complexity index is 1360. The lowest BCUT2D eigenvalue weighted by Crippen LogP contribution is -2.41. The monoisotopic (exact) mass is 505 g/mol. The standard InChI is InChI=1S/C23H28ClN5O4S/c1-23(2)11-18(15-5-4-13(24)8-17(15)23)27-21-16-6-7-29(22(16)26-12-25-21)14-9-19(20(30)10-14)28(3)34(31,32)33/h4-8,12,14,18-20,30H,9-11H2,1-3H3,(H,25,26,27)(H,31,32,33)/t14-,18+,19+,20+/m1/s1. The summed E-state index contributed by atoms with van der Waals surface area (Å²) in [5.41, 5.74) is 3.12. The number of hydrogen-bond acceptors (Lipinski definition) is 6. The van der Waals surface area contributed by atoms with Gasteiger partial charge in [0.1, 0.15) is 17.8 Å². The number of nitrogens with one attached hydrogen (secondary N) is 1. The molecule has 5 rings (SSSR count). The van der Waals surface area contributed by atoms with Gasteiger partial charge in [0.2, 0.25) is 0 Å². The highest BCUT2D eigenvalue weighted by Crippen LogP contribution is 2.47. The molecule has 34 heavy (non-hydrogen) atoms. The van der Waals surface area contributed by atoms with Crippen LogP contribution in [0, 0.1) is 0 Å². The Hall–Kier alpha value is -2.24. The fourth-order valence-electron chi connectivity index (χ4n) is 5.58. The Morgan fingerprint density at radius 3 is 2.74 bits per heavy atom. The van der Waals surface area contributed by atoms with Crippen molar-refractivity contribution in [3.8, 4) is 0 Å². The third-order valence-electron chi connectivity index (χ3n) is 7.35. The maximum absolute atomic E-state index is 11.6. The van der Waals surface area contributed by atoms with Gasteiger partial charge in [-0.3, -0.25) is 4.55 Å². The average Bonchev–Trinajstić information content (AvgIpc) is 3.41. The minimum Gasteiger partial charge on any atom is -0.391 e. The predicted molar refractivity (Wildman–Crippen MR) is 130 cm³/mol. The Balaban J connectivity index is 1.44. The number of aliphatic hydroxyl groups is 1. The number of nitrogens with zero attached hydrogens (tertiary/aromatic N) is 4. The second-order valence-corrected chi connectivity index (χ2v) is 11.9. The van der Waals surface area contributed by atoms with E-state index in [-0.39, 0.29) is 17.5 Å². The number of likely N-dealkylation sites (N-methyl/N-ethyl adjacent to an activating group) is 1. The van der Waals surface area contributed by atoms with Crippen LogP contribution in [-0.2, 0) is 15.7 Å². The first-order valence-corrected chi connectivity index (χ1v) is 13.0. The van der Waals surface area contributed by atoms with Gasteiger partial charge in [0.05, 0.1) is 23.6 Å². The zero-order chi connectivity index (χ0) is 24.4. The minimum atomic E-state index is -4.39. The van der Waals surface area contributed by atoms with Gasteiger partial charge in [0.15, 0.2) is 0 Å². The molecule has 2 heterocycles. The summed E-state index contributed by atoms with van der Waals surface area (Å²) in [7, 11) is -3.12. The van der Waals surface area contributed by atoms with Crippen LogP contribution < -0.4 is 5.32 Å². The Morgan fingerprint density at radius 2 is 2.00 bits per heavy atom. The number of anilines is 1. The van der Waals surface area contributed by atoms with Crippen LogP contribution in [0.15, 0.2) is 36.8 Å². The highest BCUT2D eigenvalue weighted by molar-refractivity contribution is 7.83. The zero-order valence-electron chi connectivity index (χ0n) is 19.2. The molecule has 0 aliphatic heterocycles. The predicted octanol–water partition coefficient (Wildman–Crippen LogP) is 3.72. The zero-order valence-corrected chi connectivity index (χ0v) is 20.8. The number of fused-ring (bicyclic) bond motifs is 2. The molecule has 1 aromatic carbocycles. The average molecular weight is 506 g/mol. The molecule has 4 atom stereocenters. The lowest BCUT2D eigenvalue weighted by Gasteiger charge is -2.23. The molecule has 3 N–H and O–H groups in total. The third-order valence-corrected chi connectivity index (χ3v) is 8.58. The molecule has 9 nitrogen and oxygen atoms in total. The van der Waals surface area contributed by atoms with Crippen molar-refractivity contribution in [2.24, 2.45) is 0 Å². The van der Waals surface area contributed by atoms with Crippen LogP contribution in [0.1, 0.15) is 56.3 Å². The maximum atomic E-state index is 11.6. The van der Waals surface area contributed by atoms with Gasteiger partial charge in [-0.05, 0) is 54.0 Å². The van der Waals surface area contributed by atoms with E-state index in [4.69, 9.17) is 11.6 Å².